The van der Waals surface area contributed by atoms with Crippen molar-refractivity contribution < 1.29 is 13.2 Å². The zero-order chi connectivity index (χ0) is 15.1. The Bertz CT molecular complexity index is 698. The molecule has 0 atom stereocenters. The monoisotopic (exact) mass is 305 g/mol. The van der Waals surface area contributed by atoms with E-state index in [4.69, 9.17) is 4.74 Å². The van der Waals surface area contributed by atoms with Crippen LogP contribution in [0.25, 0.3) is 0 Å². The number of hydrogen-bond acceptors (Lipinski definition) is 5. The van der Waals surface area contributed by atoms with Gasteiger partial charge < -0.3 is 4.74 Å². The van der Waals surface area contributed by atoms with Crippen molar-refractivity contribution in [3.8, 4) is 5.75 Å². The van der Waals surface area contributed by atoms with Gasteiger partial charge in [-0.05, 0) is 48.9 Å². The van der Waals surface area contributed by atoms with Crippen molar-refractivity contribution in [3.05, 3.63) is 54.4 Å². The molecule has 0 fully saturated rings. The van der Waals surface area contributed by atoms with Crippen molar-refractivity contribution in [1.29, 1.82) is 0 Å². The van der Waals surface area contributed by atoms with Crippen molar-refractivity contribution in [2.45, 2.75) is 11.8 Å². The first kappa shape index (κ1) is 15.0. The zero-order valence-electron chi connectivity index (χ0n) is 11.4. The Balaban J connectivity index is 2.06. The third kappa shape index (κ3) is 4.28. The lowest BCUT2D eigenvalue weighted by Gasteiger charge is -2.05. The van der Waals surface area contributed by atoms with Crippen LogP contribution in [0.5, 0.6) is 5.75 Å². The second kappa shape index (κ2) is 6.85. The largest absolute Gasteiger partial charge is 0.494 e. The van der Waals surface area contributed by atoms with Crippen molar-refractivity contribution in [2.75, 3.05) is 6.61 Å². The van der Waals surface area contributed by atoms with Gasteiger partial charge >= 0.3 is 0 Å². The van der Waals surface area contributed by atoms with Gasteiger partial charge in [-0.3, -0.25) is 4.98 Å². The minimum atomic E-state index is -3.68. The van der Waals surface area contributed by atoms with Gasteiger partial charge in [0.1, 0.15) is 5.75 Å². The van der Waals surface area contributed by atoms with E-state index in [1.807, 2.05) is 6.92 Å². The Morgan fingerprint density at radius 3 is 2.48 bits per heavy atom. The minimum Gasteiger partial charge on any atom is -0.494 e. The number of ether oxygens (including phenoxy) is 1. The van der Waals surface area contributed by atoms with Gasteiger partial charge in [-0.25, -0.2) is 4.83 Å². The number of sulfonamides is 1. The van der Waals surface area contributed by atoms with E-state index < -0.39 is 10.0 Å². The molecule has 0 bridgehead atoms. The molecule has 0 amide bonds. The quantitative estimate of drug-likeness (QED) is 0.652. The molecule has 110 valence electrons. The van der Waals surface area contributed by atoms with Gasteiger partial charge in [0.05, 0.1) is 17.7 Å². The summed E-state index contributed by atoms with van der Waals surface area (Å²) in [5.41, 5.74) is 0.749. The van der Waals surface area contributed by atoms with Gasteiger partial charge in [0.2, 0.25) is 0 Å². The molecule has 2 rings (SSSR count). The molecule has 2 aromatic rings. The van der Waals surface area contributed by atoms with E-state index >= 15 is 0 Å². The van der Waals surface area contributed by atoms with E-state index in [-0.39, 0.29) is 4.90 Å². The van der Waals surface area contributed by atoms with E-state index in [9.17, 15) is 8.42 Å². The van der Waals surface area contributed by atoms with E-state index in [1.54, 1.807) is 36.7 Å². The lowest BCUT2D eigenvalue weighted by molar-refractivity contribution is 0.340. The average molecular weight is 305 g/mol. The predicted octanol–water partition coefficient (Wildman–Crippen LogP) is 1.79. The lowest BCUT2D eigenvalue weighted by atomic mass is 10.3. The number of aromatic nitrogens is 1. The number of nitrogens with zero attached hydrogens (tertiary/aromatic N) is 2. The fourth-order valence-electron chi connectivity index (χ4n) is 1.55. The van der Waals surface area contributed by atoms with Gasteiger partial charge in [0.15, 0.2) is 0 Å². The van der Waals surface area contributed by atoms with Crippen LogP contribution in [0, 0.1) is 0 Å². The Hall–Kier alpha value is -2.41. The van der Waals surface area contributed by atoms with Crippen LogP contribution >= 0.6 is 0 Å². The molecule has 21 heavy (non-hydrogen) atoms. The zero-order valence-corrected chi connectivity index (χ0v) is 12.2. The van der Waals surface area contributed by atoms with E-state index in [2.05, 4.69) is 14.9 Å². The molecule has 6 nitrogen and oxygen atoms in total. The Labute approximate surface area is 123 Å². The Morgan fingerprint density at radius 1 is 1.19 bits per heavy atom. The SMILES string of the molecule is CCOc1ccc(S(=O)(=O)N/N=C\c2ccncc2)cc1. The van der Waals surface area contributed by atoms with Gasteiger partial charge in [-0.15, -0.1) is 0 Å². The van der Waals surface area contributed by atoms with Crippen LogP contribution in [-0.4, -0.2) is 26.2 Å². The highest BCUT2D eigenvalue weighted by molar-refractivity contribution is 7.89. The second-order valence-electron chi connectivity index (χ2n) is 4.04. The lowest BCUT2D eigenvalue weighted by Crippen LogP contribution is -2.18. The highest BCUT2D eigenvalue weighted by Crippen LogP contribution is 2.15. The fourth-order valence-corrected chi connectivity index (χ4v) is 2.35. The van der Waals surface area contributed by atoms with Gasteiger partial charge in [0.25, 0.3) is 10.0 Å². The van der Waals surface area contributed by atoms with E-state index in [0.29, 0.717) is 12.4 Å². The molecule has 1 aromatic carbocycles. The van der Waals surface area contributed by atoms with Crippen LogP contribution in [-0.2, 0) is 10.0 Å². The second-order valence-corrected chi connectivity index (χ2v) is 5.70. The molecule has 1 aromatic heterocycles. The summed E-state index contributed by atoms with van der Waals surface area (Å²) in [5.74, 6) is 0.622. The first-order valence-electron chi connectivity index (χ1n) is 6.29. The van der Waals surface area contributed by atoms with Crippen molar-refractivity contribution >= 4 is 16.2 Å². The van der Waals surface area contributed by atoms with E-state index in [0.717, 1.165) is 5.56 Å². The molecule has 0 aliphatic heterocycles. The fraction of sp³-hybridized carbons (Fsp3) is 0.143. The van der Waals surface area contributed by atoms with Crippen LogP contribution in [0.3, 0.4) is 0 Å². The summed E-state index contributed by atoms with van der Waals surface area (Å²) in [7, 11) is -3.68. The van der Waals surface area contributed by atoms with Crippen molar-refractivity contribution in [1.82, 2.24) is 9.82 Å². The molecule has 0 aliphatic carbocycles. The molecule has 0 radical (unpaired) electrons. The van der Waals surface area contributed by atoms with Gasteiger partial charge in [-0.1, -0.05) is 0 Å². The predicted molar refractivity (Wildman–Crippen MR) is 79.8 cm³/mol. The molecule has 0 aliphatic rings. The summed E-state index contributed by atoms with van der Waals surface area (Å²) in [6.07, 6.45) is 4.61. The summed E-state index contributed by atoms with van der Waals surface area (Å²) >= 11 is 0. The summed E-state index contributed by atoms with van der Waals surface area (Å²) in [6, 6.07) is 9.57. The average Bonchev–Trinajstić information content (AvgIpc) is 2.49. The third-order valence-electron chi connectivity index (χ3n) is 2.54. The highest BCUT2D eigenvalue weighted by atomic mass is 32.2. The Kier molecular flexibility index (Phi) is 4.89. The molecule has 0 saturated carbocycles. The highest BCUT2D eigenvalue weighted by Gasteiger charge is 2.12. The summed E-state index contributed by atoms with van der Waals surface area (Å²) < 4.78 is 29.3. The van der Waals surface area contributed by atoms with Crippen LogP contribution < -0.4 is 9.57 Å². The third-order valence-corrected chi connectivity index (χ3v) is 3.78. The first-order chi connectivity index (χ1) is 10.1. The molecule has 0 spiro atoms. The maximum absolute atomic E-state index is 12.0. The van der Waals surface area contributed by atoms with Crippen LogP contribution in [0.1, 0.15) is 12.5 Å². The molecule has 1 heterocycles. The standard InChI is InChI=1S/C14H15N3O3S/c1-2-20-13-3-5-14(6-4-13)21(18,19)17-16-11-12-7-9-15-10-8-12/h3-11,17H,2H2,1H3/b16-11-. The summed E-state index contributed by atoms with van der Waals surface area (Å²) in [4.78, 5) is 6.14. The van der Waals surface area contributed by atoms with Crippen LogP contribution in [0.15, 0.2) is 58.8 Å². The van der Waals surface area contributed by atoms with Crippen molar-refractivity contribution in [2.24, 2.45) is 5.10 Å². The number of rotatable bonds is 6. The topological polar surface area (TPSA) is 80.7 Å². The van der Waals surface area contributed by atoms with Gasteiger partial charge in [-0.2, -0.15) is 13.5 Å². The van der Waals surface area contributed by atoms with Crippen LogP contribution in [0.4, 0.5) is 0 Å². The molecule has 7 heteroatoms. The molecule has 0 unspecified atom stereocenters. The normalized spacial score (nSPS) is 11.5. The number of hydrazone groups is 1. The van der Waals surface area contributed by atoms with Gasteiger partial charge in [0, 0.05) is 12.4 Å². The Morgan fingerprint density at radius 2 is 1.86 bits per heavy atom. The van der Waals surface area contributed by atoms with Crippen molar-refractivity contribution in [3.63, 3.8) is 0 Å². The maximum Gasteiger partial charge on any atom is 0.276 e. The first-order valence-corrected chi connectivity index (χ1v) is 7.78. The molecular formula is C14H15N3O3S. The maximum atomic E-state index is 12.0. The number of hydrogen-bond donors (Lipinski definition) is 1. The minimum absolute atomic E-state index is 0.123. The number of nitrogens with one attached hydrogen (secondary N) is 1. The smallest absolute Gasteiger partial charge is 0.276 e. The molecular weight excluding hydrogens is 290 g/mol. The summed E-state index contributed by atoms with van der Waals surface area (Å²) in [6.45, 7) is 2.39. The number of benzene rings is 1. The number of pyridine rings is 1. The van der Waals surface area contributed by atoms with Crippen LogP contribution in [0.2, 0.25) is 0 Å². The summed E-state index contributed by atoms with van der Waals surface area (Å²) in [5, 5.41) is 3.73. The molecule has 1 N–H and O–H groups in total. The van der Waals surface area contributed by atoms with E-state index in [1.165, 1.54) is 18.3 Å². The molecule has 0 saturated heterocycles.